The molecule has 0 aliphatic carbocycles. The average molecular weight is 237 g/mol. The number of rotatable bonds is 4. The zero-order valence-electron chi connectivity index (χ0n) is 9.89. The maximum atomic E-state index is 5.80. The van der Waals surface area contributed by atoms with Crippen molar-refractivity contribution in [2.24, 2.45) is 0 Å². The van der Waals surface area contributed by atoms with Gasteiger partial charge in [0.1, 0.15) is 12.4 Å². The Morgan fingerprint density at radius 1 is 1.24 bits per heavy atom. The van der Waals surface area contributed by atoms with Gasteiger partial charge in [-0.2, -0.15) is 0 Å². The second-order valence-corrected chi connectivity index (χ2v) is 4.10. The standard InChI is InChI=1S/C12H19N3O2/c13-10-1-2-12(11(14)9-10)17-8-5-15-3-6-16-7-4-15/h1-2,9H,3-8,13-14H2. The fraction of sp³-hybridized carbons (Fsp3) is 0.500. The van der Waals surface area contributed by atoms with Crippen LogP contribution in [0.1, 0.15) is 0 Å². The normalized spacial score (nSPS) is 16.9. The molecule has 5 heteroatoms. The van der Waals surface area contributed by atoms with Gasteiger partial charge in [0.2, 0.25) is 0 Å². The second-order valence-electron chi connectivity index (χ2n) is 4.10. The molecule has 0 bridgehead atoms. The van der Waals surface area contributed by atoms with E-state index in [0.717, 1.165) is 32.8 Å². The maximum absolute atomic E-state index is 5.80. The van der Waals surface area contributed by atoms with Crippen molar-refractivity contribution in [3.63, 3.8) is 0 Å². The number of hydrogen-bond donors (Lipinski definition) is 2. The van der Waals surface area contributed by atoms with Gasteiger partial charge in [0.25, 0.3) is 0 Å². The third kappa shape index (κ3) is 3.51. The number of benzene rings is 1. The SMILES string of the molecule is Nc1ccc(OCCN2CCOCC2)c(N)c1. The number of ether oxygens (including phenoxy) is 2. The lowest BCUT2D eigenvalue weighted by Crippen LogP contribution is -2.38. The largest absolute Gasteiger partial charge is 0.490 e. The summed E-state index contributed by atoms with van der Waals surface area (Å²) in [6.07, 6.45) is 0. The molecule has 4 N–H and O–H groups in total. The summed E-state index contributed by atoms with van der Waals surface area (Å²) >= 11 is 0. The topological polar surface area (TPSA) is 73.7 Å². The van der Waals surface area contributed by atoms with Gasteiger partial charge < -0.3 is 20.9 Å². The van der Waals surface area contributed by atoms with Crippen molar-refractivity contribution in [2.75, 3.05) is 50.9 Å². The van der Waals surface area contributed by atoms with Crippen LogP contribution >= 0.6 is 0 Å². The van der Waals surface area contributed by atoms with Gasteiger partial charge in [0.05, 0.1) is 18.9 Å². The first-order chi connectivity index (χ1) is 8.25. The van der Waals surface area contributed by atoms with Crippen molar-refractivity contribution in [2.45, 2.75) is 0 Å². The number of anilines is 2. The number of nitrogens with zero attached hydrogens (tertiary/aromatic N) is 1. The highest BCUT2D eigenvalue weighted by Gasteiger charge is 2.10. The molecule has 1 saturated heterocycles. The predicted octanol–water partition coefficient (Wildman–Crippen LogP) is 0.562. The predicted molar refractivity (Wildman–Crippen MR) is 68.0 cm³/mol. The average Bonchev–Trinajstić information content (AvgIpc) is 2.33. The van der Waals surface area contributed by atoms with Crippen LogP contribution in [0.5, 0.6) is 5.75 Å². The van der Waals surface area contributed by atoms with E-state index in [2.05, 4.69) is 4.90 Å². The smallest absolute Gasteiger partial charge is 0.142 e. The van der Waals surface area contributed by atoms with Crippen LogP contribution in [0.3, 0.4) is 0 Å². The first-order valence-electron chi connectivity index (χ1n) is 5.83. The van der Waals surface area contributed by atoms with Gasteiger partial charge >= 0.3 is 0 Å². The Morgan fingerprint density at radius 3 is 2.71 bits per heavy atom. The molecule has 1 aromatic carbocycles. The van der Waals surface area contributed by atoms with E-state index in [4.69, 9.17) is 20.9 Å². The van der Waals surface area contributed by atoms with E-state index in [1.54, 1.807) is 12.1 Å². The third-order valence-electron chi connectivity index (χ3n) is 2.80. The first-order valence-corrected chi connectivity index (χ1v) is 5.83. The summed E-state index contributed by atoms with van der Waals surface area (Å²) in [5, 5.41) is 0. The van der Waals surface area contributed by atoms with E-state index >= 15 is 0 Å². The Kier molecular flexibility index (Phi) is 4.06. The van der Waals surface area contributed by atoms with Gasteiger partial charge in [-0.1, -0.05) is 0 Å². The fourth-order valence-corrected chi connectivity index (χ4v) is 1.81. The molecular weight excluding hydrogens is 218 g/mol. The zero-order chi connectivity index (χ0) is 12.1. The van der Waals surface area contributed by atoms with Gasteiger partial charge in [0.15, 0.2) is 0 Å². The first kappa shape index (κ1) is 12.0. The molecule has 1 aliphatic rings. The van der Waals surface area contributed by atoms with Crippen LogP contribution in [-0.4, -0.2) is 44.4 Å². The van der Waals surface area contributed by atoms with E-state index in [1.165, 1.54) is 0 Å². The van der Waals surface area contributed by atoms with Crippen LogP contribution < -0.4 is 16.2 Å². The summed E-state index contributed by atoms with van der Waals surface area (Å²) in [6, 6.07) is 5.31. The Balaban J connectivity index is 1.77. The summed E-state index contributed by atoms with van der Waals surface area (Å²) in [5.74, 6) is 0.701. The molecule has 17 heavy (non-hydrogen) atoms. The highest BCUT2D eigenvalue weighted by Crippen LogP contribution is 2.23. The van der Waals surface area contributed by atoms with E-state index in [9.17, 15) is 0 Å². The third-order valence-corrected chi connectivity index (χ3v) is 2.80. The highest BCUT2D eigenvalue weighted by molar-refractivity contribution is 5.60. The number of nitrogens with two attached hydrogens (primary N) is 2. The molecule has 0 saturated carbocycles. The lowest BCUT2D eigenvalue weighted by Gasteiger charge is -2.26. The Labute approximate surface area is 101 Å². The molecule has 1 heterocycles. The number of hydrogen-bond acceptors (Lipinski definition) is 5. The van der Waals surface area contributed by atoms with Crippen LogP contribution in [0, 0.1) is 0 Å². The van der Waals surface area contributed by atoms with Crippen molar-refractivity contribution < 1.29 is 9.47 Å². The Hall–Kier alpha value is -1.46. The molecule has 0 atom stereocenters. The second kappa shape index (κ2) is 5.75. The molecule has 0 radical (unpaired) electrons. The molecule has 2 rings (SSSR count). The van der Waals surface area contributed by atoms with E-state index < -0.39 is 0 Å². The van der Waals surface area contributed by atoms with Crippen LogP contribution in [-0.2, 0) is 4.74 Å². The quantitative estimate of drug-likeness (QED) is 0.749. The Morgan fingerprint density at radius 2 is 2.00 bits per heavy atom. The van der Waals surface area contributed by atoms with Crippen LogP contribution in [0.15, 0.2) is 18.2 Å². The minimum atomic E-state index is 0.590. The van der Waals surface area contributed by atoms with Crippen LogP contribution in [0.2, 0.25) is 0 Å². The fourth-order valence-electron chi connectivity index (χ4n) is 1.81. The minimum Gasteiger partial charge on any atom is -0.490 e. The molecule has 0 spiro atoms. The van der Waals surface area contributed by atoms with Gasteiger partial charge in [-0.05, 0) is 18.2 Å². The maximum Gasteiger partial charge on any atom is 0.142 e. The van der Waals surface area contributed by atoms with Crippen molar-refractivity contribution >= 4 is 11.4 Å². The summed E-state index contributed by atoms with van der Waals surface area (Å²) in [7, 11) is 0. The lowest BCUT2D eigenvalue weighted by molar-refractivity contribution is 0.0323. The van der Waals surface area contributed by atoms with Gasteiger partial charge in [-0.3, -0.25) is 4.90 Å². The van der Waals surface area contributed by atoms with Crippen LogP contribution in [0.25, 0.3) is 0 Å². The Bertz CT molecular complexity index is 365. The van der Waals surface area contributed by atoms with Gasteiger partial charge in [-0.15, -0.1) is 0 Å². The van der Waals surface area contributed by atoms with Crippen molar-refractivity contribution in [1.29, 1.82) is 0 Å². The number of morpholine rings is 1. The van der Waals surface area contributed by atoms with Crippen LogP contribution in [0.4, 0.5) is 11.4 Å². The monoisotopic (exact) mass is 237 g/mol. The molecule has 1 fully saturated rings. The molecule has 1 aromatic rings. The summed E-state index contributed by atoms with van der Waals surface area (Å²) < 4.78 is 10.9. The molecule has 1 aliphatic heterocycles. The highest BCUT2D eigenvalue weighted by atomic mass is 16.5. The minimum absolute atomic E-state index is 0.590. The molecule has 5 nitrogen and oxygen atoms in total. The molecule has 0 unspecified atom stereocenters. The molecule has 0 aromatic heterocycles. The van der Waals surface area contributed by atoms with Crippen molar-refractivity contribution in [1.82, 2.24) is 4.90 Å². The number of nitrogen functional groups attached to an aromatic ring is 2. The van der Waals surface area contributed by atoms with Crippen molar-refractivity contribution in [3.8, 4) is 5.75 Å². The van der Waals surface area contributed by atoms with E-state index in [1.807, 2.05) is 6.07 Å². The van der Waals surface area contributed by atoms with E-state index in [-0.39, 0.29) is 0 Å². The molecule has 0 amide bonds. The summed E-state index contributed by atoms with van der Waals surface area (Å²) in [5.41, 5.74) is 12.7. The van der Waals surface area contributed by atoms with Gasteiger partial charge in [0, 0.05) is 25.3 Å². The zero-order valence-corrected chi connectivity index (χ0v) is 9.89. The molecular formula is C12H19N3O2. The molecule has 94 valence electrons. The van der Waals surface area contributed by atoms with Crippen molar-refractivity contribution in [3.05, 3.63) is 18.2 Å². The summed E-state index contributed by atoms with van der Waals surface area (Å²) in [6.45, 7) is 5.09. The lowest BCUT2D eigenvalue weighted by atomic mass is 10.2. The van der Waals surface area contributed by atoms with E-state index in [0.29, 0.717) is 23.7 Å². The summed E-state index contributed by atoms with van der Waals surface area (Å²) in [4.78, 5) is 2.32. The van der Waals surface area contributed by atoms with Gasteiger partial charge in [-0.25, -0.2) is 0 Å².